The number of aryl methyl sites for hydroxylation is 2. The number of hydrogen-bond donors (Lipinski definition) is 2. The molecule has 8 heteroatoms. The summed E-state index contributed by atoms with van der Waals surface area (Å²) in [5.41, 5.74) is 4.99. The number of anilines is 1. The van der Waals surface area contributed by atoms with Crippen molar-refractivity contribution in [3.05, 3.63) is 95.3 Å². The minimum absolute atomic E-state index is 0.296. The summed E-state index contributed by atoms with van der Waals surface area (Å²) in [6, 6.07) is 23.2. The van der Waals surface area contributed by atoms with E-state index in [4.69, 9.17) is 4.74 Å². The second-order valence-corrected chi connectivity index (χ2v) is 9.23. The molecule has 0 bridgehead atoms. The summed E-state index contributed by atoms with van der Waals surface area (Å²) in [5, 5.41) is 15.6. The van der Waals surface area contributed by atoms with Gasteiger partial charge in [0.1, 0.15) is 5.75 Å². The Kier molecular flexibility index (Phi) is 7.72. The third-order valence-electron chi connectivity index (χ3n) is 5.58. The van der Waals surface area contributed by atoms with Gasteiger partial charge < -0.3 is 15.4 Å². The van der Waals surface area contributed by atoms with E-state index in [-0.39, 0.29) is 12.1 Å². The van der Waals surface area contributed by atoms with Crippen molar-refractivity contribution in [2.75, 3.05) is 12.4 Å². The standard InChI is InChI=1S/C27H29N5O2S/c1-18-12-14-22(15-13-18)32-25(20(3)28-26(33)29-24-11-6-5-8-19(24)2)30-31-27(32)35-17-21-9-7-10-23(16-21)34-4/h5-16,20H,17H2,1-4H3,(H2,28,29,33). The highest BCUT2D eigenvalue weighted by molar-refractivity contribution is 7.98. The molecule has 1 heterocycles. The third-order valence-corrected chi connectivity index (χ3v) is 6.58. The highest BCUT2D eigenvalue weighted by Gasteiger charge is 2.21. The van der Waals surface area contributed by atoms with Crippen LogP contribution in [0.3, 0.4) is 0 Å². The van der Waals surface area contributed by atoms with Crippen molar-refractivity contribution in [2.45, 2.75) is 37.7 Å². The summed E-state index contributed by atoms with van der Waals surface area (Å²) in [4.78, 5) is 12.7. The minimum Gasteiger partial charge on any atom is -0.497 e. The number of rotatable bonds is 8. The van der Waals surface area contributed by atoms with Crippen LogP contribution in [0, 0.1) is 13.8 Å². The maximum atomic E-state index is 12.7. The Morgan fingerprint density at radius 2 is 1.80 bits per heavy atom. The van der Waals surface area contributed by atoms with Crippen LogP contribution in [0.1, 0.15) is 35.5 Å². The lowest BCUT2D eigenvalue weighted by atomic mass is 10.2. The fraction of sp³-hybridized carbons (Fsp3) is 0.222. The van der Waals surface area contributed by atoms with E-state index in [1.54, 1.807) is 18.9 Å². The fourth-order valence-electron chi connectivity index (χ4n) is 3.63. The largest absolute Gasteiger partial charge is 0.497 e. The lowest BCUT2D eigenvalue weighted by Crippen LogP contribution is -2.32. The second kappa shape index (κ2) is 11.1. The number of hydrogen-bond acceptors (Lipinski definition) is 5. The van der Waals surface area contributed by atoms with Gasteiger partial charge in [0.25, 0.3) is 0 Å². The minimum atomic E-state index is -0.376. The number of nitrogens with one attached hydrogen (secondary N) is 2. The van der Waals surface area contributed by atoms with Crippen LogP contribution in [0.15, 0.2) is 78.0 Å². The van der Waals surface area contributed by atoms with Crippen LogP contribution in [0.25, 0.3) is 5.69 Å². The molecular formula is C27H29N5O2S. The lowest BCUT2D eigenvalue weighted by Gasteiger charge is -2.17. The zero-order chi connectivity index (χ0) is 24.8. The quantitative estimate of drug-likeness (QED) is 0.295. The molecule has 0 aliphatic rings. The van der Waals surface area contributed by atoms with Gasteiger partial charge in [0.05, 0.1) is 13.2 Å². The van der Waals surface area contributed by atoms with E-state index in [0.29, 0.717) is 11.6 Å². The fourth-order valence-corrected chi connectivity index (χ4v) is 4.54. The number of aromatic nitrogens is 3. The molecule has 35 heavy (non-hydrogen) atoms. The first-order chi connectivity index (χ1) is 16.9. The van der Waals surface area contributed by atoms with Gasteiger partial charge in [-0.3, -0.25) is 4.57 Å². The Morgan fingerprint density at radius 3 is 2.54 bits per heavy atom. The topological polar surface area (TPSA) is 81.1 Å². The van der Waals surface area contributed by atoms with Gasteiger partial charge in [-0.05, 0) is 62.2 Å². The van der Waals surface area contributed by atoms with Crippen molar-refractivity contribution in [1.29, 1.82) is 0 Å². The highest BCUT2D eigenvalue weighted by Crippen LogP contribution is 2.28. The number of carbonyl (C=O) groups is 1. The molecule has 0 radical (unpaired) electrons. The molecule has 0 spiro atoms. The molecule has 7 nitrogen and oxygen atoms in total. The van der Waals surface area contributed by atoms with E-state index in [1.165, 1.54) is 0 Å². The smallest absolute Gasteiger partial charge is 0.319 e. The molecule has 0 fully saturated rings. The van der Waals surface area contributed by atoms with Crippen LogP contribution in [-0.2, 0) is 5.75 Å². The van der Waals surface area contributed by atoms with Gasteiger partial charge >= 0.3 is 6.03 Å². The molecule has 1 unspecified atom stereocenters. The first-order valence-electron chi connectivity index (χ1n) is 11.4. The van der Waals surface area contributed by atoms with E-state index in [9.17, 15) is 4.79 Å². The zero-order valence-corrected chi connectivity index (χ0v) is 21.1. The molecule has 4 rings (SSSR count). The third kappa shape index (κ3) is 6.02. The average molecular weight is 488 g/mol. The van der Waals surface area contributed by atoms with E-state index in [2.05, 4.69) is 46.0 Å². The summed E-state index contributed by atoms with van der Waals surface area (Å²) in [6.45, 7) is 5.91. The van der Waals surface area contributed by atoms with Gasteiger partial charge in [-0.25, -0.2) is 4.79 Å². The summed E-state index contributed by atoms with van der Waals surface area (Å²) in [7, 11) is 1.66. The predicted octanol–water partition coefficient (Wildman–Crippen LogP) is 6.07. The molecule has 2 N–H and O–H groups in total. The number of nitrogens with zero attached hydrogens (tertiary/aromatic N) is 3. The number of benzene rings is 3. The van der Waals surface area contributed by atoms with E-state index >= 15 is 0 Å². The SMILES string of the molecule is COc1cccc(CSc2nnc(C(C)NC(=O)Nc3ccccc3C)n2-c2ccc(C)cc2)c1. The maximum absolute atomic E-state index is 12.7. The van der Waals surface area contributed by atoms with Gasteiger partial charge in [0.2, 0.25) is 0 Å². The Balaban J connectivity index is 1.57. The van der Waals surface area contributed by atoms with Crippen molar-refractivity contribution in [1.82, 2.24) is 20.1 Å². The molecule has 2 amide bonds. The molecule has 1 atom stereocenters. The van der Waals surface area contributed by atoms with Crippen molar-refractivity contribution in [3.63, 3.8) is 0 Å². The van der Waals surface area contributed by atoms with Crippen LogP contribution in [0.4, 0.5) is 10.5 Å². The molecule has 4 aromatic rings. The average Bonchev–Trinajstić information content (AvgIpc) is 3.29. The molecular weight excluding hydrogens is 458 g/mol. The second-order valence-electron chi connectivity index (χ2n) is 8.29. The predicted molar refractivity (Wildman–Crippen MR) is 140 cm³/mol. The van der Waals surface area contributed by atoms with Crippen molar-refractivity contribution in [3.8, 4) is 11.4 Å². The molecule has 0 aliphatic carbocycles. The summed E-state index contributed by atoms with van der Waals surface area (Å²) >= 11 is 1.59. The van der Waals surface area contributed by atoms with Crippen LogP contribution < -0.4 is 15.4 Å². The number of methoxy groups -OCH3 is 1. The van der Waals surface area contributed by atoms with Crippen LogP contribution in [-0.4, -0.2) is 27.9 Å². The Morgan fingerprint density at radius 1 is 1.03 bits per heavy atom. The van der Waals surface area contributed by atoms with E-state index in [1.807, 2.05) is 73.0 Å². The number of para-hydroxylation sites is 1. The number of amides is 2. The summed E-state index contributed by atoms with van der Waals surface area (Å²) < 4.78 is 7.35. The van der Waals surface area contributed by atoms with Gasteiger partial charge in [0.15, 0.2) is 11.0 Å². The molecule has 0 aliphatic heterocycles. The number of urea groups is 1. The first-order valence-corrected chi connectivity index (χ1v) is 12.3. The molecule has 180 valence electrons. The Labute approximate surface area is 209 Å². The summed E-state index contributed by atoms with van der Waals surface area (Å²) in [6.07, 6.45) is 0. The van der Waals surface area contributed by atoms with Crippen molar-refractivity contribution < 1.29 is 9.53 Å². The highest BCUT2D eigenvalue weighted by atomic mass is 32.2. The van der Waals surface area contributed by atoms with Crippen LogP contribution >= 0.6 is 11.8 Å². The monoisotopic (exact) mass is 487 g/mol. The van der Waals surface area contributed by atoms with Crippen molar-refractivity contribution in [2.24, 2.45) is 0 Å². The lowest BCUT2D eigenvalue weighted by molar-refractivity contribution is 0.248. The Bertz CT molecular complexity index is 1300. The van der Waals surface area contributed by atoms with Crippen LogP contribution in [0.2, 0.25) is 0 Å². The van der Waals surface area contributed by atoms with Gasteiger partial charge in [-0.1, -0.05) is 59.8 Å². The molecule has 3 aromatic carbocycles. The molecule has 0 saturated carbocycles. The van der Waals surface area contributed by atoms with Gasteiger partial charge in [-0.2, -0.15) is 0 Å². The molecule has 0 saturated heterocycles. The van der Waals surface area contributed by atoms with Crippen LogP contribution in [0.5, 0.6) is 5.75 Å². The maximum Gasteiger partial charge on any atom is 0.319 e. The van der Waals surface area contributed by atoms with Gasteiger partial charge in [0, 0.05) is 17.1 Å². The van der Waals surface area contributed by atoms with Crippen molar-refractivity contribution >= 4 is 23.5 Å². The zero-order valence-electron chi connectivity index (χ0n) is 20.3. The number of carbonyl (C=O) groups excluding carboxylic acids is 1. The molecule has 1 aromatic heterocycles. The summed E-state index contributed by atoms with van der Waals surface area (Å²) in [5.74, 6) is 2.18. The number of ether oxygens (including phenoxy) is 1. The van der Waals surface area contributed by atoms with E-state index in [0.717, 1.165) is 39.0 Å². The number of thioether (sulfide) groups is 1. The van der Waals surface area contributed by atoms with Gasteiger partial charge in [-0.15, -0.1) is 10.2 Å². The first kappa shape index (κ1) is 24.3. The Hall–Kier alpha value is -3.78. The normalized spacial score (nSPS) is 11.7. The van der Waals surface area contributed by atoms with E-state index < -0.39 is 0 Å².